The van der Waals surface area contributed by atoms with E-state index in [0.717, 1.165) is 20.0 Å². The standard InChI is InChI=1S/C13H13BrClNOS/c1-8(16)11-6-9(15)2-4-12(11)17-7-10-3-5-13(14)18-10/h2-6,8H,7,16H2,1H3/t8-/m0/s1. The van der Waals surface area contributed by atoms with E-state index in [4.69, 9.17) is 22.1 Å². The van der Waals surface area contributed by atoms with Gasteiger partial charge in [0.15, 0.2) is 0 Å². The third-order valence-corrected chi connectivity index (χ3v) is 4.29. The molecule has 18 heavy (non-hydrogen) atoms. The second-order valence-electron chi connectivity index (χ2n) is 3.97. The average Bonchev–Trinajstić information content (AvgIpc) is 2.73. The molecule has 1 aromatic heterocycles. The fraction of sp³-hybridized carbons (Fsp3) is 0.231. The summed E-state index contributed by atoms with van der Waals surface area (Å²) in [5.41, 5.74) is 6.84. The maximum absolute atomic E-state index is 5.97. The lowest BCUT2D eigenvalue weighted by molar-refractivity contribution is 0.305. The van der Waals surface area contributed by atoms with Gasteiger partial charge < -0.3 is 10.5 Å². The van der Waals surface area contributed by atoms with Crippen molar-refractivity contribution >= 4 is 38.9 Å². The van der Waals surface area contributed by atoms with Gasteiger partial charge in [-0.3, -0.25) is 0 Å². The molecule has 0 aliphatic rings. The molecule has 0 bridgehead atoms. The Hall–Kier alpha value is -0.550. The maximum Gasteiger partial charge on any atom is 0.124 e. The molecule has 5 heteroatoms. The van der Waals surface area contributed by atoms with Crippen LogP contribution in [0, 0.1) is 0 Å². The summed E-state index contributed by atoms with van der Waals surface area (Å²) in [7, 11) is 0. The molecule has 0 spiro atoms. The lowest BCUT2D eigenvalue weighted by Crippen LogP contribution is -2.07. The van der Waals surface area contributed by atoms with E-state index in [9.17, 15) is 0 Å². The van der Waals surface area contributed by atoms with Crippen molar-refractivity contribution in [2.45, 2.75) is 19.6 Å². The zero-order valence-electron chi connectivity index (χ0n) is 9.82. The summed E-state index contributed by atoms with van der Waals surface area (Å²) in [6.07, 6.45) is 0. The highest BCUT2D eigenvalue weighted by Gasteiger charge is 2.09. The number of nitrogens with two attached hydrogens (primary N) is 1. The number of rotatable bonds is 4. The molecule has 0 saturated carbocycles. The van der Waals surface area contributed by atoms with Crippen LogP contribution in [0.2, 0.25) is 5.02 Å². The molecule has 0 unspecified atom stereocenters. The molecule has 0 aliphatic heterocycles. The summed E-state index contributed by atoms with van der Waals surface area (Å²) < 4.78 is 6.91. The van der Waals surface area contributed by atoms with Crippen LogP contribution >= 0.6 is 38.9 Å². The largest absolute Gasteiger partial charge is 0.488 e. The van der Waals surface area contributed by atoms with Crippen LogP contribution in [0.1, 0.15) is 23.4 Å². The van der Waals surface area contributed by atoms with Crippen LogP contribution in [0.3, 0.4) is 0 Å². The molecule has 0 aliphatic carbocycles. The van der Waals surface area contributed by atoms with Gasteiger partial charge in [-0.2, -0.15) is 0 Å². The van der Waals surface area contributed by atoms with Crippen molar-refractivity contribution in [3.05, 3.63) is 49.6 Å². The summed E-state index contributed by atoms with van der Waals surface area (Å²) in [4.78, 5) is 1.16. The van der Waals surface area contributed by atoms with Crippen molar-refractivity contribution in [3.63, 3.8) is 0 Å². The van der Waals surface area contributed by atoms with E-state index in [0.29, 0.717) is 11.6 Å². The Balaban J connectivity index is 2.13. The van der Waals surface area contributed by atoms with Crippen LogP contribution in [0.15, 0.2) is 34.1 Å². The number of hydrogen-bond donors (Lipinski definition) is 1. The minimum absolute atomic E-state index is 0.103. The smallest absolute Gasteiger partial charge is 0.124 e. The Morgan fingerprint density at radius 1 is 1.39 bits per heavy atom. The predicted molar refractivity (Wildman–Crippen MR) is 80.4 cm³/mol. The SMILES string of the molecule is C[C@H](N)c1cc(Cl)ccc1OCc1ccc(Br)s1. The second-order valence-corrected chi connectivity index (χ2v) is 6.95. The highest BCUT2D eigenvalue weighted by Crippen LogP contribution is 2.29. The molecule has 0 fully saturated rings. The normalized spacial score (nSPS) is 12.4. The van der Waals surface area contributed by atoms with Crippen molar-refractivity contribution in [2.24, 2.45) is 5.73 Å². The van der Waals surface area contributed by atoms with Crippen molar-refractivity contribution in [1.29, 1.82) is 0 Å². The second kappa shape index (κ2) is 6.06. The van der Waals surface area contributed by atoms with Crippen molar-refractivity contribution in [1.82, 2.24) is 0 Å². The van der Waals surface area contributed by atoms with E-state index >= 15 is 0 Å². The van der Waals surface area contributed by atoms with Gasteiger partial charge in [0.05, 0.1) is 3.79 Å². The first kappa shape index (κ1) is 13.9. The third kappa shape index (κ3) is 3.48. The molecular weight excluding hydrogens is 334 g/mol. The number of hydrogen-bond acceptors (Lipinski definition) is 3. The lowest BCUT2D eigenvalue weighted by atomic mass is 10.1. The quantitative estimate of drug-likeness (QED) is 0.866. The van der Waals surface area contributed by atoms with Crippen molar-refractivity contribution in [3.8, 4) is 5.75 Å². The third-order valence-electron chi connectivity index (χ3n) is 2.46. The molecule has 0 radical (unpaired) electrons. The summed E-state index contributed by atoms with van der Waals surface area (Å²) in [5, 5.41) is 0.675. The first-order valence-corrected chi connectivity index (χ1v) is 7.47. The maximum atomic E-state index is 5.97. The number of halogens is 2. The van der Waals surface area contributed by atoms with Crippen LogP contribution in [0.5, 0.6) is 5.75 Å². The van der Waals surface area contributed by atoms with Crippen LogP contribution in [-0.4, -0.2) is 0 Å². The van der Waals surface area contributed by atoms with Gasteiger partial charge in [0.1, 0.15) is 12.4 Å². The Morgan fingerprint density at radius 2 is 2.17 bits per heavy atom. The van der Waals surface area contributed by atoms with E-state index in [1.807, 2.05) is 37.3 Å². The molecule has 0 amide bonds. The highest BCUT2D eigenvalue weighted by molar-refractivity contribution is 9.11. The van der Waals surface area contributed by atoms with Crippen LogP contribution in [0.4, 0.5) is 0 Å². The monoisotopic (exact) mass is 345 g/mol. The lowest BCUT2D eigenvalue weighted by Gasteiger charge is -2.13. The fourth-order valence-corrected chi connectivity index (χ4v) is 3.16. The molecule has 2 N–H and O–H groups in total. The van der Waals surface area contributed by atoms with Crippen molar-refractivity contribution < 1.29 is 4.74 Å². The Bertz CT molecular complexity index is 542. The van der Waals surface area contributed by atoms with Gasteiger partial charge in [-0.25, -0.2) is 0 Å². The average molecular weight is 347 g/mol. The number of benzene rings is 1. The Kier molecular flexibility index (Phi) is 4.67. The summed E-state index contributed by atoms with van der Waals surface area (Å²) >= 11 is 11.1. The minimum Gasteiger partial charge on any atom is -0.488 e. The van der Waals surface area contributed by atoms with Crippen LogP contribution in [0.25, 0.3) is 0 Å². The molecular formula is C13H13BrClNOS. The molecule has 96 valence electrons. The number of thiophene rings is 1. The fourth-order valence-electron chi connectivity index (χ4n) is 1.58. The van der Waals surface area contributed by atoms with Gasteiger partial charge in [-0.15, -0.1) is 11.3 Å². The predicted octanol–water partition coefficient (Wildman–Crippen LogP) is 4.76. The van der Waals surface area contributed by atoms with Gasteiger partial charge in [-0.1, -0.05) is 11.6 Å². The zero-order valence-corrected chi connectivity index (χ0v) is 13.0. The molecule has 2 rings (SSSR count). The highest BCUT2D eigenvalue weighted by atomic mass is 79.9. The minimum atomic E-state index is -0.103. The Morgan fingerprint density at radius 3 is 2.78 bits per heavy atom. The van der Waals surface area contributed by atoms with E-state index < -0.39 is 0 Å². The van der Waals surface area contributed by atoms with Gasteiger partial charge >= 0.3 is 0 Å². The first-order chi connectivity index (χ1) is 8.56. The summed E-state index contributed by atoms with van der Waals surface area (Å²) in [6.45, 7) is 2.46. The van der Waals surface area contributed by atoms with E-state index in [1.54, 1.807) is 11.3 Å². The van der Waals surface area contributed by atoms with Crippen molar-refractivity contribution in [2.75, 3.05) is 0 Å². The molecule has 2 nitrogen and oxygen atoms in total. The zero-order chi connectivity index (χ0) is 13.1. The summed E-state index contributed by atoms with van der Waals surface area (Å²) in [5.74, 6) is 0.791. The molecule has 1 heterocycles. The Labute approximate surface area is 124 Å². The van der Waals surface area contributed by atoms with E-state index in [1.165, 1.54) is 0 Å². The molecule has 0 saturated heterocycles. The van der Waals surface area contributed by atoms with Gasteiger partial charge in [0, 0.05) is 21.5 Å². The molecule has 1 atom stereocenters. The first-order valence-electron chi connectivity index (χ1n) is 5.48. The van der Waals surface area contributed by atoms with Crippen LogP contribution < -0.4 is 10.5 Å². The topological polar surface area (TPSA) is 35.2 Å². The van der Waals surface area contributed by atoms with Gasteiger partial charge in [0.25, 0.3) is 0 Å². The summed E-state index contributed by atoms with van der Waals surface area (Å²) in [6, 6.07) is 9.48. The van der Waals surface area contributed by atoms with Gasteiger partial charge in [0.2, 0.25) is 0 Å². The number of ether oxygens (including phenoxy) is 1. The van der Waals surface area contributed by atoms with E-state index in [2.05, 4.69) is 15.9 Å². The molecule has 2 aromatic rings. The van der Waals surface area contributed by atoms with Crippen LogP contribution in [-0.2, 0) is 6.61 Å². The molecule has 1 aromatic carbocycles. The van der Waals surface area contributed by atoms with Gasteiger partial charge in [-0.05, 0) is 53.2 Å². The van der Waals surface area contributed by atoms with E-state index in [-0.39, 0.29) is 6.04 Å².